The fourth-order valence-electron chi connectivity index (χ4n) is 1.26. The van der Waals surface area contributed by atoms with Gasteiger partial charge < -0.3 is 9.84 Å². The molecule has 0 atom stereocenters. The molecule has 0 spiro atoms. The van der Waals surface area contributed by atoms with E-state index in [1.807, 2.05) is 0 Å². The summed E-state index contributed by atoms with van der Waals surface area (Å²) in [6.07, 6.45) is 2.33. The molecule has 0 radical (unpaired) electrons. The molecule has 1 aromatic carbocycles. The average Bonchev–Trinajstić information content (AvgIpc) is 2.39. The van der Waals surface area contributed by atoms with Gasteiger partial charge in [0, 0.05) is 12.1 Å². The molecule has 1 N–H and O–H groups in total. The summed E-state index contributed by atoms with van der Waals surface area (Å²) in [5, 5.41) is 19.2. The molecule has 0 bridgehead atoms. The second-order valence-corrected chi connectivity index (χ2v) is 3.40. The van der Waals surface area contributed by atoms with E-state index in [1.54, 1.807) is 0 Å². The van der Waals surface area contributed by atoms with Crippen LogP contribution >= 0.6 is 0 Å². The highest BCUT2D eigenvalue weighted by Crippen LogP contribution is 2.21. The molecule has 8 nitrogen and oxygen atoms in total. The number of nitro benzene ring substituents is 1. The lowest BCUT2D eigenvalue weighted by molar-refractivity contribution is -0.384. The number of non-ortho nitro benzene ring substituents is 1. The van der Waals surface area contributed by atoms with Crippen molar-refractivity contribution in [1.29, 1.82) is 0 Å². The molecule has 0 fully saturated rings. The molecule has 0 saturated heterocycles. The molecule has 2 rings (SSSR count). The van der Waals surface area contributed by atoms with Crippen molar-refractivity contribution in [1.82, 2.24) is 9.97 Å². The highest BCUT2D eigenvalue weighted by atomic mass is 16.6. The third-order valence-electron chi connectivity index (χ3n) is 2.10. The molecular formula is C11H7N3O5. The summed E-state index contributed by atoms with van der Waals surface area (Å²) in [6, 6.07) is 5.30. The maximum absolute atomic E-state index is 10.7. The Labute approximate surface area is 106 Å². The van der Waals surface area contributed by atoms with Gasteiger partial charge in [0.25, 0.3) is 5.69 Å². The summed E-state index contributed by atoms with van der Waals surface area (Å²) >= 11 is 0. The number of hydrogen-bond donors (Lipinski definition) is 1. The number of aromatic nitrogens is 2. The molecule has 1 aromatic heterocycles. The van der Waals surface area contributed by atoms with Crippen molar-refractivity contribution in [2.24, 2.45) is 0 Å². The lowest BCUT2D eigenvalue weighted by Crippen LogP contribution is -2.02. The number of carboxylic acids is 1. The van der Waals surface area contributed by atoms with Gasteiger partial charge in [0.05, 0.1) is 17.3 Å². The molecule has 0 aliphatic rings. The van der Waals surface area contributed by atoms with Gasteiger partial charge in [-0.1, -0.05) is 0 Å². The number of hydrogen-bond acceptors (Lipinski definition) is 6. The molecule has 2 aromatic rings. The molecule has 0 aliphatic heterocycles. The van der Waals surface area contributed by atoms with Crippen LogP contribution in [0.15, 0.2) is 36.7 Å². The second-order valence-electron chi connectivity index (χ2n) is 3.40. The molecule has 0 saturated carbocycles. The van der Waals surface area contributed by atoms with Gasteiger partial charge in [0.2, 0.25) is 5.88 Å². The Balaban J connectivity index is 2.19. The molecule has 0 amide bonds. The zero-order valence-corrected chi connectivity index (χ0v) is 9.39. The van der Waals surface area contributed by atoms with Crippen LogP contribution in [0.3, 0.4) is 0 Å². The largest absolute Gasteiger partial charge is 0.476 e. The molecule has 96 valence electrons. The smallest absolute Gasteiger partial charge is 0.356 e. The topological polar surface area (TPSA) is 115 Å². The van der Waals surface area contributed by atoms with Gasteiger partial charge in [-0.25, -0.2) is 9.78 Å². The highest BCUT2D eigenvalue weighted by Gasteiger charge is 2.09. The van der Waals surface area contributed by atoms with Crippen molar-refractivity contribution in [3.63, 3.8) is 0 Å². The lowest BCUT2D eigenvalue weighted by Gasteiger charge is -2.04. The molecular weight excluding hydrogens is 254 g/mol. The minimum atomic E-state index is -1.22. The van der Waals surface area contributed by atoms with E-state index in [-0.39, 0.29) is 17.3 Å². The van der Waals surface area contributed by atoms with Gasteiger partial charge >= 0.3 is 5.97 Å². The third kappa shape index (κ3) is 3.00. The number of nitro groups is 1. The number of nitrogens with zero attached hydrogens (tertiary/aromatic N) is 3. The average molecular weight is 261 g/mol. The minimum Gasteiger partial charge on any atom is -0.476 e. The van der Waals surface area contributed by atoms with E-state index in [9.17, 15) is 14.9 Å². The van der Waals surface area contributed by atoms with E-state index in [4.69, 9.17) is 9.84 Å². The van der Waals surface area contributed by atoms with Crippen molar-refractivity contribution >= 4 is 11.7 Å². The fourth-order valence-corrected chi connectivity index (χ4v) is 1.26. The molecule has 1 heterocycles. The van der Waals surface area contributed by atoms with Gasteiger partial charge in [-0.2, -0.15) is 0 Å². The van der Waals surface area contributed by atoms with Gasteiger partial charge in [-0.05, 0) is 12.1 Å². The van der Waals surface area contributed by atoms with E-state index in [1.165, 1.54) is 30.5 Å². The Hall–Kier alpha value is -3.03. The first kappa shape index (κ1) is 12.4. The Morgan fingerprint density at radius 2 is 1.95 bits per heavy atom. The van der Waals surface area contributed by atoms with Crippen LogP contribution in [0, 0.1) is 10.1 Å². The summed E-state index contributed by atoms with van der Waals surface area (Å²) in [5.41, 5.74) is -0.322. The van der Waals surface area contributed by atoms with Crippen molar-refractivity contribution in [2.45, 2.75) is 0 Å². The first-order chi connectivity index (χ1) is 9.06. The van der Waals surface area contributed by atoms with Crippen LogP contribution in [0.25, 0.3) is 0 Å². The van der Waals surface area contributed by atoms with E-state index in [2.05, 4.69) is 9.97 Å². The predicted molar refractivity (Wildman–Crippen MR) is 62.2 cm³/mol. The number of benzene rings is 1. The van der Waals surface area contributed by atoms with Gasteiger partial charge in [0.1, 0.15) is 5.75 Å². The van der Waals surface area contributed by atoms with E-state index in [0.717, 1.165) is 6.20 Å². The van der Waals surface area contributed by atoms with E-state index < -0.39 is 10.9 Å². The molecule has 19 heavy (non-hydrogen) atoms. The van der Waals surface area contributed by atoms with Crippen LogP contribution in [-0.2, 0) is 0 Å². The number of aromatic carboxylic acids is 1. The Morgan fingerprint density at radius 3 is 2.53 bits per heavy atom. The zero-order chi connectivity index (χ0) is 13.8. The van der Waals surface area contributed by atoms with Gasteiger partial charge in [-0.15, -0.1) is 0 Å². The monoisotopic (exact) mass is 261 g/mol. The summed E-state index contributed by atoms with van der Waals surface area (Å²) in [4.78, 5) is 28.0. The summed E-state index contributed by atoms with van der Waals surface area (Å²) in [5.74, 6) is -0.933. The molecule has 0 unspecified atom stereocenters. The normalized spacial score (nSPS) is 9.89. The molecule has 8 heteroatoms. The van der Waals surface area contributed by atoms with Crippen LogP contribution in [-0.4, -0.2) is 26.0 Å². The first-order valence-corrected chi connectivity index (χ1v) is 5.04. The summed E-state index contributed by atoms with van der Waals surface area (Å²) in [6.45, 7) is 0. The van der Waals surface area contributed by atoms with Crippen molar-refractivity contribution in [3.05, 3.63) is 52.5 Å². The van der Waals surface area contributed by atoms with Crippen molar-refractivity contribution in [2.75, 3.05) is 0 Å². The standard InChI is InChI=1S/C11H7N3O5/c15-11(16)9-5-12-6-10(13-9)19-8-3-1-7(2-4-8)14(17)18/h1-6H,(H,15,16). The van der Waals surface area contributed by atoms with Crippen LogP contribution < -0.4 is 4.74 Å². The number of rotatable bonds is 4. The van der Waals surface area contributed by atoms with Crippen LogP contribution in [0.1, 0.15) is 10.5 Å². The Kier molecular flexibility index (Phi) is 3.33. The first-order valence-electron chi connectivity index (χ1n) is 5.04. The minimum absolute atomic E-state index is 0.00578. The summed E-state index contributed by atoms with van der Waals surface area (Å²) < 4.78 is 5.24. The number of carbonyl (C=O) groups is 1. The third-order valence-corrected chi connectivity index (χ3v) is 2.10. The van der Waals surface area contributed by atoms with Crippen LogP contribution in [0.4, 0.5) is 5.69 Å². The molecule has 0 aliphatic carbocycles. The van der Waals surface area contributed by atoms with Crippen molar-refractivity contribution < 1.29 is 19.6 Å². The van der Waals surface area contributed by atoms with Crippen molar-refractivity contribution in [3.8, 4) is 11.6 Å². The lowest BCUT2D eigenvalue weighted by atomic mass is 10.3. The van der Waals surface area contributed by atoms with Gasteiger partial charge in [-0.3, -0.25) is 15.1 Å². The zero-order valence-electron chi connectivity index (χ0n) is 9.39. The second kappa shape index (κ2) is 5.08. The SMILES string of the molecule is O=C(O)c1cncc(Oc2ccc([N+](=O)[O-])cc2)n1. The highest BCUT2D eigenvalue weighted by molar-refractivity contribution is 5.84. The predicted octanol–water partition coefficient (Wildman–Crippen LogP) is 1.88. The fraction of sp³-hybridized carbons (Fsp3) is 0. The van der Waals surface area contributed by atoms with Crippen LogP contribution in [0.2, 0.25) is 0 Å². The number of carboxylic acid groups (broad SMARTS) is 1. The Bertz CT molecular complexity index is 626. The van der Waals surface area contributed by atoms with E-state index >= 15 is 0 Å². The quantitative estimate of drug-likeness (QED) is 0.659. The Morgan fingerprint density at radius 1 is 1.26 bits per heavy atom. The summed E-state index contributed by atoms with van der Waals surface area (Å²) in [7, 11) is 0. The van der Waals surface area contributed by atoms with Crippen LogP contribution in [0.5, 0.6) is 11.6 Å². The maximum Gasteiger partial charge on any atom is 0.356 e. The van der Waals surface area contributed by atoms with E-state index in [0.29, 0.717) is 5.75 Å². The maximum atomic E-state index is 10.7. The van der Waals surface area contributed by atoms with Gasteiger partial charge in [0.15, 0.2) is 5.69 Å². The number of ether oxygens (including phenoxy) is 1.